The Morgan fingerprint density at radius 3 is 2.41 bits per heavy atom. The number of nitrogens with zero attached hydrogens (tertiary/aromatic N) is 2. The summed E-state index contributed by atoms with van der Waals surface area (Å²) in [4.78, 5) is 29.2. The monoisotopic (exact) mass is 364 g/mol. The maximum Gasteiger partial charge on any atom is 0.417 e. The van der Waals surface area contributed by atoms with Gasteiger partial charge in [-0.3, -0.25) is 9.69 Å². The van der Waals surface area contributed by atoms with Crippen molar-refractivity contribution in [3.63, 3.8) is 0 Å². The van der Waals surface area contributed by atoms with Crippen LogP contribution in [0.5, 0.6) is 0 Å². The fourth-order valence-electron chi connectivity index (χ4n) is 4.12. The molecule has 2 saturated heterocycles. The van der Waals surface area contributed by atoms with Gasteiger partial charge >= 0.3 is 6.09 Å². The van der Waals surface area contributed by atoms with Crippen LogP contribution in [0.25, 0.3) is 0 Å². The quantitative estimate of drug-likeness (QED) is 0.833. The molecule has 3 unspecified atom stereocenters. The molecule has 5 heteroatoms. The molecule has 0 aliphatic carbocycles. The van der Waals surface area contributed by atoms with Gasteiger partial charge in [0.2, 0.25) is 5.91 Å². The standard InChI is InChI=1S/C22H24N2O3/c1-16-12-23(13-17-8-4-2-5-9-17)14-19(16)21(25)24-20(15-27-22(24)26)18-10-6-3-7-11-18/h2-11,16,19-20H,12-15H2,1H3. The molecule has 0 spiro atoms. The molecule has 3 atom stereocenters. The molecule has 2 aromatic rings. The van der Waals surface area contributed by atoms with Crippen LogP contribution >= 0.6 is 0 Å². The lowest BCUT2D eigenvalue weighted by molar-refractivity contribution is -0.134. The predicted molar refractivity (Wildman–Crippen MR) is 102 cm³/mol. The van der Waals surface area contributed by atoms with Crippen LogP contribution in [-0.4, -0.2) is 41.5 Å². The highest BCUT2D eigenvalue weighted by Gasteiger charge is 2.45. The summed E-state index contributed by atoms with van der Waals surface area (Å²) in [5.41, 5.74) is 2.17. The summed E-state index contributed by atoms with van der Waals surface area (Å²) in [6.45, 7) is 4.65. The Bertz CT molecular complexity index is 809. The third-order valence-electron chi connectivity index (χ3n) is 5.55. The first kappa shape index (κ1) is 17.7. The number of carbonyl (C=O) groups excluding carboxylic acids is 2. The van der Waals surface area contributed by atoms with Gasteiger partial charge in [0.05, 0.1) is 5.92 Å². The Balaban J connectivity index is 1.49. The lowest BCUT2D eigenvalue weighted by Crippen LogP contribution is -2.41. The smallest absolute Gasteiger partial charge is 0.417 e. The third kappa shape index (κ3) is 3.60. The van der Waals surface area contributed by atoms with Gasteiger partial charge < -0.3 is 4.74 Å². The Morgan fingerprint density at radius 1 is 1.04 bits per heavy atom. The summed E-state index contributed by atoms with van der Waals surface area (Å²) < 4.78 is 5.22. The van der Waals surface area contributed by atoms with E-state index in [-0.39, 0.29) is 30.4 Å². The van der Waals surface area contributed by atoms with E-state index in [0.29, 0.717) is 6.54 Å². The van der Waals surface area contributed by atoms with E-state index in [0.717, 1.165) is 18.7 Å². The first-order valence-corrected chi connectivity index (χ1v) is 9.44. The minimum atomic E-state index is -0.525. The molecule has 0 bridgehead atoms. The molecule has 140 valence electrons. The van der Waals surface area contributed by atoms with Crippen LogP contribution in [0.3, 0.4) is 0 Å². The molecule has 0 N–H and O–H groups in total. The summed E-state index contributed by atoms with van der Waals surface area (Å²) in [6, 6.07) is 19.6. The second-order valence-corrected chi connectivity index (χ2v) is 7.48. The number of carbonyl (C=O) groups is 2. The van der Waals surface area contributed by atoms with Crippen LogP contribution in [0, 0.1) is 11.8 Å². The lowest BCUT2D eigenvalue weighted by atomic mass is 9.95. The number of ether oxygens (including phenoxy) is 1. The van der Waals surface area contributed by atoms with Crippen LogP contribution in [0.2, 0.25) is 0 Å². The topological polar surface area (TPSA) is 49.9 Å². The number of benzene rings is 2. The van der Waals surface area contributed by atoms with Crippen LogP contribution in [0.15, 0.2) is 60.7 Å². The van der Waals surface area contributed by atoms with Crippen molar-refractivity contribution in [1.29, 1.82) is 0 Å². The molecular weight excluding hydrogens is 340 g/mol. The molecule has 27 heavy (non-hydrogen) atoms. The van der Waals surface area contributed by atoms with Gasteiger partial charge in [0, 0.05) is 19.6 Å². The highest BCUT2D eigenvalue weighted by Crippen LogP contribution is 2.33. The molecule has 4 rings (SSSR count). The normalized spacial score (nSPS) is 25.6. The fraction of sp³-hybridized carbons (Fsp3) is 0.364. The zero-order valence-electron chi connectivity index (χ0n) is 15.5. The zero-order chi connectivity index (χ0) is 18.8. The molecule has 2 aromatic carbocycles. The van der Waals surface area contributed by atoms with Gasteiger partial charge in [-0.2, -0.15) is 0 Å². The van der Waals surface area contributed by atoms with E-state index in [1.54, 1.807) is 0 Å². The van der Waals surface area contributed by atoms with Crippen molar-refractivity contribution in [2.75, 3.05) is 19.7 Å². The van der Waals surface area contributed by atoms with Gasteiger partial charge in [-0.05, 0) is 17.0 Å². The van der Waals surface area contributed by atoms with Crippen molar-refractivity contribution in [2.45, 2.75) is 19.5 Å². The third-order valence-corrected chi connectivity index (χ3v) is 5.55. The summed E-state index contributed by atoms with van der Waals surface area (Å²) >= 11 is 0. The van der Waals surface area contributed by atoms with Crippen molar-refractivity contribution in [3.05, 3.63) is 71.8 Å². The van der Waals surface area contributed by atoms with Crippen molar-refractivity contribution >= 4 is 12.0 Å². The van der Waals surface area contributed by atoms with E-state index in [4.69, 9.17) is 4.74 Å². The molecule has 2 aliphatic heterocycles. The van der Waals surface area contributed by atoms with Gasteiger partial charge in [0.25, 0.3) is 0 Å². The Hall–Kier alpha value is -2.66. The first-order chi connectivity index (χ1) is 13.1. The molecule has 0 aromatic heterocycles. The molecular formula is C22H24N2O3. The van der Waals surface area contributed by atoms with Gasteiger partial charge in [0.1, 0.15) is 12.6 Å². The maximum absolute atomic E-state index is 13.2. The van der Waals surface area contributed by atoms with Gasteiger partial charge in [-0.25, -0.2) is 9.69 Å². The number of hydrogen-bond acceptors (Lipinski definition) is 4. The van der Waals surface area contributed by atoms with E-state index in [2.05, 4.69) is 24.0 Å². The Labute approximate surface area is 159 Å². The van der Waals surface area contributed by atoms with Crippen LogP contribution in [-0.2, 0) is 16.1 Å². The van der Waals surface area contributed by atoms with Crippen LogP contribution in [0.4, 0.5) is 4.79 Å². The summed E-state index contributed by atoms with van der Waals surface area (Å²) in [7, 11) is 0. The molecule has 2 heterocycles. The summed E-state index contributed by atoms with van der Waals surface area (Å²) in [6.07, 6.45) is -0.525. The number of imide groups is 1. The van der Waals surface area contributed by atoms with Gasteiger partial charge in [0.15, 0.2) is 0 Å². The van der Waals surface area contributed by atoms with Crippen molar-refractivity contribution in [3.8, 4) is 0 Å². The number of cyclic esters (lactones) is 1. The average Bonchev–Trinajstić information content (AvgIpc) is 3.25. The highest BCUT2D eigenvalue weighted by molar-refractivity contribution is 5.95. The molecule has 0 saturated carbocycles. The number of likely N-dealkylation sites (tertiary alicyclic amines) is 1. The Morgan fingerprint density at radius 2 is 1.70 bits per heavy atom. The summed E-state index contributed by atoms with van der Waals surface area (Å²) in [5.74, 6) is -0.106. The Kier molecular flexibility index (Phi) is 4.94. The lowest BCUT2D eigenvalue weighted by Gasteiger charge is -2.24. The summed E-state index contributed by atoms with van der Waals surface area (Å²) in [5, 5.41) is 0. The molecule has 2 aliphatic rings. The minimum absolute atomic E-state index is 0.116. The second kappa shape index (κ2) is 7.53. The van der Waals surface area contributed by atoms with Crippen LogP contribution < -0.4 is 0 Å². The SMILES string of the molecule is CC1CN(Cc2ccccc2)CC1C(=O)N1C(=O)OCC1c1ccccc1. The molecule has 2 amide bonds. The van der Waals surface area contributed by atoms with Crippen LogP contribution in [0.1, 0.15) is 24.1 Å². The zero-order valence-corrected chi connectivity index (χ0v) is 15.5. The fourth-order valence-corrected chi connectivity index (χ4v) is 4.12. The largest absolute Gasteiger partial charge is 0.446 e. The van der Waals surface area contributed by atoms with E-state index in [1.165, 1.54) is 10.5 Å². The number of hydrogen-bond donors (Lipinski definition) is 0. The van der Waals surface area contributed by atoms with Gasteiger partial charge in [-0.1, -0.05) is 67.6 Å². The van der Waals surface area contributed by atoms with E-state index < -0.39 is 6.09 Å². The molecule has 5 nitrogen and oxygen atoms in total. The van der Waals surface area contributed by atoms with E-state index >= 15 is 0 Å². The number of amides is 2. The molecule has 2 fully saturated rings. The average molecular weight is 364 g/mol. The number of rotatable bonds is 4. The molecule has 0 radical (unpaired) electrons. The van der Waals surface area contributed by atoms with Crippen molar-refractivity contribution in [1.82, 2.24) is 9.80 Å². The second-order valence-electron chi connectivity index (χ2n) is 7.48. The van der Waals surface area contributed by atoms with E-state index in [1.807, 2.05) is 48.5 Å². The van der Waals surface area contributed by atoms with E-state index in [9.17, 15) is 9.59 Å². The minimum Gasteiger partial charge on any atom is -0.446 e. The van der Waals surface area contributed by atoms with Crippen molar-refractivity contribution in [2.24, 2.45) is 11.8 Å². The van der Waals surface area contributed by atoms with Gasteiger partial charge in [-0.15, -0.1) is 0 Å². The predicted octanol–water partition coefficient (Wildman–Crippen LogP) is 3.47. The highest BCUT2D eigenvalue weighted by atomic mass is 16.6. The maximum atomic E-state index is 13.2. The first-order valence-electron chi connectivity index (χ1n) is 9.44. The van der Waals surface area contributed by atoms with Crippen molar-refractivity contribution < 1.29 is 14.3 Å².